The van der Waals surface area contributed by atoms with E-state index in [1.54, 1.807) is 11.4 Å². The van der Waals surface area contributed by atoms with Crippen molar-refractivity contribution in [3.05, 3.63) is 35.6 Å². The van der Waals surface area contributed by atoms with Crippen LogP contribution in [0.25, 0.3) is 11.0 Å². The molecule has 1 atom stereocenters. The first-order valence-electron chi connectivity index (χ1n) is 7.16. The maximum absolute atomic E-state index is 12.0. The van der Waals surface area contributed by atoms with Gasteiger partial charge in [0.05, 0.1) is 12.7 Å². The molecule has 2 aromatic rings. The van der Waals surface area contributed by atoms with Gasteiger partial charge in [0.1, 0.15) is 12.1 Å². The third-order valence-corrected chi connectivity index (χ3v) is 3.29. The van der Waals surface area contributed by atoms with E-state index in [1.807, 2.05) is 19.1 Å². The van der Waals surface area contributed by atoms with E-state index in [1.165, 1.54) is 13.2 Å². The maximum Gasteiger partial charge on any atom is 0.405 e. The van der Waals surface area contributed by atoms with Gasteiger partial charge >= 0.3 is 12.1 Å². The summed E-state index contributed by atoms with van der Waals surface area (Å²) in [5, 5.41) is 2.41. The van der Waals surface area contributed by atoms with Crippen LogP contribution in [-0.4, -0.2) is 30.7 Å². The Bertz CT molecular complexity index is 751. The number of benzene rings is 1. The van der Waals surface area contributed by atoms with Crippen molar-refractivity contribution < 1.29 is 31.9 Å². The van der Waals surface area contributed by atoms with Crippen molar-refractivity contribution in [1.29, 1.82) is 0 Å². The van der Waals surface area contributed by atoms with Gasteiger partial charge in [0.25, 0.3) is 5.91 Å². The lowest BCUT2D eigenvalue weighted by Crippen LogP contribution is -2.40. The average molecular weight is 343 g/mol. The van der Waals surface area contributed by atoms with Crippen LogP contribution in [0.4, 0.5) is 13.2 Å². The molecule has 8 heteroatoms. The zero-order chi connectivity index (χ0) is 17.9. The second kappa shape index (κ2) is 6.94. The fourth-order valence-corrected chi connectivity index (χ4v) is 2.11. The normalized spacial score (nSPS) is 12.9. The van der Waals surface area contributed by atoms with Crippen LogP contribution >= 0.6 is 0 Å². The summed E-state index contributed by atoms with van der Waals surface area (Å²) < 4.78 is 46.3. The van der Waals surface area contributed by atoms with Gasteiger partial charge in [-0.1, -0.05) is 12.1 Å². The van der Waals surface area contributed by atoms with Gasteiger partial charge < -0.3 is 14.5 Å². The van der Waals surface area contributed by atoms with Crippen molar-refractivity contribution >= 4 is 22.8 Å². The number of ether oxygens (including phenoxy) is 1. The molecule has 0 spiro atoms. The summed E-state index contributed by atoms with van der Waals surface area (Å²) in [7, 11) is 0. The summed E-state index contributed by atoms with van der Waals surface area (Å²) >= 11 is 0. The number of hydrogen-bond acceptors (Lipinski definition) is 4. The molecule has 0 bridgehead atoms. The molecular weight excluding hydrogens is 327 g/mol. The van der Waals surface area contributed by atoms with Gasteiger partial charge in [-0.25, -0.2) is 0 Å². The molecule has 130 valence electrons. The minimum atomic E-state index is -4.52. The molecule has 0 fully saturated rings. The molecule has 0 saturated carbocycles. The number of alkyl halides is 3. The fourth-order valence-electron chi connectivity index (χ4n) is 2.11. The Morgan fingerprint density at radius 3 is 2.71 bits per heavy atom. The fraction of sp³-hybridized carbons (Fsp3) is 0.375. The van der Waals surface area contributed by atoms with Crippen LogP contribution in [0.1, 0.15) is 18.1 Å². The predicted molar refractivity (Wildman–Crippen MR) is 79.3 cm³/mol. The number of carbonyl (C=O) groups is 2. The molecule has 24 heavy (non-hydrogen) atoms. The summed E-state index contributed by atoms with van der Waals surface area (Å²) in [5.74, 6) is -1.73. The second-order valence-electron chi connectivity index (χ2n) is 5.40. The van der Waals surface area contributed by atoms with Crippen LogP contribution < -0.4 is 5.32 Å². The SMILES string of the molecule is Cc1ccc2c(CC(=O)O[C@@H](C)C(=O)NCC(F)(F)F)coc2c1. The molecule has 0 saturated heterocycles. The molecule has 1 N–H and O–H groups in total. The van der Waals surface area contributed by atoms with Gasteiger partial charge in [0.15, 0.2) is 6.10 Å². The number of furan rings is 1. The molecule has 0 aliphatic heterocycles. The number of esters is 1. The highest BCUT2D eigenvalue weighted by Crippen LogP contribution is 2.23. The van der Waals surface area contributed by atoms with Crippen molar-refractivity contribution in [3.63, 3.8) is 0 Å². The standard InChI is InChI=1S/C16H16F3NO4/c1-9-3-4-12-11(7-23-13(12)5-9)6-14(21)24-10(2)15(22)20-8-16(17,18)19/h3-5,7,10H,6,8H2,1-2H3,(H,20,22)/t10-/m0/s1. The molecule has 2 rings (SSSR count). The number of fused-ring (bicyclic) bond motifs is 1. The minimum Gasteiger partial charge on any atom is -0.464 e. The smallest absolute Gasteiger partial charge is 0.405 e. The summed E-state index contributed by atoms with van der Waals surface area (Å²) in [6.45, 7) is 1.64. The maximum atomic E-state index is 12.0. The highest BCUT2D eigenvalue weighted by Gasteiger charge is 2.29. The zero-order valence-electron chi connectivity index (χ0n) is 13.1. The molecule has 1 heterocycles. The zero-order valence-corrected chi connectivity index (χ0v) is 13.1. The van der Waals surface area contributed by atoms with E-state index in [0.717, 1.165) is 10.9 Å². The van der Waals surface area contributed by atoms with E-state index in [2.05, 4.69) is 0 Å². The summed E-state index contributed by atoms with van der Waals surface area (Å²) in [4.78, 5) is 23.3. The second-order valence-corrected chi connectivity index (χ2v) is 5.40. The number of nitrogens with one attached hydrogen (secondary N) is 1. The first-order valence-corrected chi connectivity index (χ1v) is 7.16. The first kappa shape index (κ1) is 17.8. The Morgan fingerprint density at radius 2 is 2.04 bits per heavy atom. The van der Waals surface area contributed by atoms with Crippen LogP contribution in [-0.2, 0) is 20.7 Å². The van der Waals surface area contributed by atoms with E-state index < -0.39 is 30.7 Å². The number of hydrogen-bond donors (Lipinski definition) is 1. The van der Waals surface area contributed by atoms with Crippen LogP contribution in [0.2, 0.25) is 0 Å². The number of aryl methyl sites for hydroxylation is 1. The Balaban J connectivity index is 1.93. The molecule has 1 aromatic carbocycles. The van der Waals surface area contributed by atoms with Crippen molar-refractivity contribution in [1.82, 2.24) is 5.32 Å². The Kier molecular flexibility index (Phi) is 5.16. The molecule has 5 nitrogen and oxygen atoms in total. The van der Waals surface area contributed by atoms with Gasteiger partial charge in [0.2, 0.25) is 0 Å². The van der Waals surface area contributed by atoms with Crippen LogP contribution in [0.15, 0.2) is 28.9 Å². The highest BCUT2D eigenvalue weighted by atomic mass is 19.4. The molecule has 0 unspecified atom stereocenters. The van der Waals surface area contributed by atoms with E-state index in [-0.39, 0.29) is 6.42 Å². The Morgan fingerprint density at radius 1 is 1.33 bits per heavy atom. The number of rotatable bonds is 5. The molecule has 1 amide bonds. The molecule has 0 radical (unpaired) electrons. The monoisotopic (exact) mass is 343 g/mol. The minimum absolute atomic E-state index is 0.146. The van der Waals surface area contributed by atoms with Gasteiger partial charge in [-0.2, -0.15) is 13.2 Å². The molecular formula is C16H16F3NO4. The lowest BCUT2D eigenvalue weighted by Gasteiger charge is -2.14. The van der Waals surface area contributed by atoms with Gasteiger partial charge in [-0.15, -0.1) is 0 Å². The van der Waals surface area contributed by atoms with Crippen molar-refractivity contribution in [2.24, 2.45) is 0 Å². The third kappa shape index (κ3) is 4.74. The number of amides is 1. The third-order valence-electron chi connectivity index (χ3n) is 3.29. The predicted octanol–water partition coefficient (Wildman–Crippen LogP) is 2.89. The summed E-state index contributed by atoms with van der Waals surface area (Å²) in [6, 6.07) is 5.48. The lowest BCUT2D eigenvalue weighted by molar-refractivity contribution is -0.157. The Labute approximate surface area is 135 Å². The molecule has 1 aromatic heterocycles. The summed E-state index contributed by atoms with van der Waals surface area (Å²) in [5.41, 5.74) is 2.20. The van der Waals surface area contributed by atoms with E-state index in [9.17, 15) is 22.8 Å². The molecule has 0 aliphatic carbocycles. The first-order chi connectivity index (χ1) is 11.2. The van der Waals surface area contributed by atoms with Crippen molar-refractivity contribution in [2.45, 2.75) is 32.5 Å². The van der Waals surface area contributed by atoms with E-state index in [0.29, 0.717) is 11.1 Å². The quantitative estimate of drug-likeness (QED) is 0.848. The van der Waals surface area contributed by atoms with Gasteiger partial charge in [-0.05, 0) is 25.5 Å². The van der Waals surface area contributed by atoms with Crippen molar-refractivity contribution in [2.75, 3.05) is 6.54 Å². The van der Waals surface area contributed by atoms with Gasteiger partial charge in [0, 0.05) is 10.9 Å². The largest absolute Gasteiger partial charge is 0.464 e. The van der Waals surface area contributed by atoms with E-state index in [4.69, 9.17) is 9.15 Å². The topological polar surface area (TPSA) is 68.5 Å². The van der Waals surface area contributed by atoms with Gasteiger partial charge in [-0.3, -0.25) is 9.59 Å². The average Bonchev–Trinajstić information content (AvgIpc) is 2.85. The van der Waals surface area contributed by atoms with E-state index >= 15 is 0 Å². The lowest BCUT2D eigenvalue weighted by atomic mass is 10.1. The molecule has 0 aliphatic rings. The highest BCUT2D eigenvalue weighted by molar-refractivity contribution is 5.88. The van der Waals surface area contributed by atoms with Crippen LogP contribution in [0.3, 0.4) is 0 Å². The number of halogens is 3. The van der Waals surface area contributed by atoms with Crippen LogP contribution in [0.5, 0.6) is 0 Å². The Hall–Kier alpha value is -2.51. The van der Waals surface area contributed by atoms with Crippen LogP contribution in [0, 0.1) is 6.92 Å². The summed E-state index contributed by atoms with van der Waals surface area (Å²) in [6.07, 6.45) is -4.57. The number of carbonyl (C=O) groups excluding carboxylic acids is 2. The van der Waals surface area contributed by atoms with Crippen molar-refractivity contribution in [3.8, 4) is 0 Å².